The van der Waals surface area contributed by atoms with Gasteiger partial charge in [-0.1, -0.05) is 6.07 Å². The SMILES string of the molecule is COCc1ccc2c(c1)C(=O)NC2=O. The molecule has 1 N–H and O–H groups in total. The van der Waals surface area contributed by atoms with E-state index in [1.54, 1.807) is 25.3 Å². The normalized spacial score (nSPS) is 14.1. The van der Waals surface area contributed by atoms with Crippen molar-refractivity contribution < 1.29 is 14.3 Å². The second-order valence-electron chi connectivity index (χ2n) is 3.10. The standard InChI is InChI=1S/C10H9NO3/c1-14-5-6-2-3-7-8(4-6)10(13)11-9(7)12/h2-4H,5H2,1H3,(H,11,12,13). The molecule has 0 atom stereocenters. The van der Waals surface area contributed by atoms with Crippen LogP contribution in [-0.4, -0.2) is 18.9 Å². The molecule has 14 heavy (non-hydrogen) atoms. The largest absolute Gasteiger partial charge is 0.380 e. The van der Waals surface area contributed by atoms with Gasteiger partial charge in [-0.15, -0.1) is 0 Å². The summed E-state index contributed by atoms with van der Waals surface area (Å²) in [4.78, 5) is 22.4. The zero-order chi connectivity index (χ0) is 10.1. The van der Waals surface area contributed by atoms with Crippen molar-refractivity contribution in [3.63, 3.8) is 0 Å². The topological polar surface area (TPSA) is 55.4 Å². The highest BCUT2D eigenvalue weighted by Gasteiger charge is 2.26. The summed E-state index contributed by atoms with van der Waals surface area (Å²) in [7, 11) is 1.58. The molecule has 4 nitrogen and oxygen atoms in total. The van der Waals surface area contributed by atoms with Gasteiger partial charge in [0.2, 0.25) is 0 Å². The van der Waals surface area contributed by atoms with Gasteiger partial charge >= 0.3 is 0 Å². The molecule has 0 unspecified atom stereocenters. The lowest BCUT2D eigenvalue weighted by Gasteiger charge is -2.00. The number of benzene rings is 1. The van der Waals surface area contributed by atoms with Crippen LogP contribution in [0.4, 0.5) is 0 Å². The molecule has 72 valence electrons. The molecule has 1 aromatic rings. The monoisotopic (exact) mass is 191 g/mol. The molecular formula is C10H9NO3. The van der Waals surface area contributed by atoms with Crippen LogP contribution in [0.25, 0.3) is 0 Å². The molecule has 0 bridgehead atoms. The van der Waals surface area contributed by atoms with Crippen LogP contribution < -0.4 is 5.32 Å². The third kappa shape index (κ3) is 1.29. The highest BCUT2D eigenvalue weighted by atomic mass is 16.5. The van der Waals surface area contributed by atoms with E-state index in [4.69, 9.17) is 4.74 Å². The van der Waals surface area contributed by atoms with Crippen LogP contribution in [0.15, 0.2) is 18.2 Å². The van der Waals surface area contributed by atoms with E-state index < -0.39 is 0 Å². The van der Waals surface area contributed by atoms with Crippen molar-refractivity contribution >= 4 is 11.8 Å². The summed E-state index contributed by atoms with van der Waals surface area (Å²) >= 11 is 0. The molecule has 4 heteroatoms. The minimum atomic E-state index is -0.331. The minimum absolute atomic E-state index is 0.325. The molecule has 1 aromatic carbocycles. The summed E-state index contributed by atoms with van der Waals surface area (Å²) < 4.78 is 4.93. The summed E-state index contributed by atoms with van der Waals surface area (Å²) in [5.74, 6) is -0.656. The summed E-state index contributed by atoms with van der Waals surface area (Å²) in [6.45, 7) is 0.439. The summed E-state index contributed by atoms with van der Waals surface area (Å²) in [5.41, 5.74) is 1.76. The summed E-state index contributed by atoms with van der Waals surface area (Å²) in [5, 5.41) is 2.23. The van der Waals surface area contributed by atoms with Crippen LogP contribution in [0.2, 0.25) is 0 Å². The van der Waals surface area contributed by atoms with Crippen molar-refractivity contribution in [2.45, 2.75) is 6.61 Å². The predicted octanol–water partition coefficient (Wildman–Crippen LogP) is 0.717. The van der Waals surface area contributed by atoms with E-state index in [-0.39, 0.29) is 11.8 Å². The second kappa shape index (κ2) is 3.23. The number of carbonyl (C=O) groups excluding carboxylic acids is 2. The first-order chi connectivity index (χ1) is 6.72. The maximum absolute atomic E-state index is 11.3. The Hall–Kier alpha value is -1.68. The number of rotatable bonds is 2. The van der Waals surface area contributed by atoms with Gasteiger partial charge in [0.1, 0.15) is 0 Å². The van der Waals surface area contributed by atoms with Crippen molar-refractivity contribution in [1.82, 2.24) is 5.32 Å². The van der Waals surface area contributed by atoms with E-state index in [2.05, 4.69) is 5.32 Å². The number of fused-ring (bicyclic) bond motifs is 1. The number of ether oxygens (including phenoxy) is 1. The maximum atomic E-state index is 11.3. The van der Waals surface area contributed by atoms with Gasteiger partial charge in [-0.25, -0.2) is 0 Å². The second-order valence-corrected chi connectivity index (χ2v) is 3.10. The Morgan fingerprint density at radius 3 is 2.64 bits per heavy atom. The van der Waals surface area contributed by atoms with E-state index in [1.807, 2.05) is 0 Å². The number of hydrogen-bond donors (Lipinski definition) is 1. The molecule has 1 heterocycles. The average molecular weight is 191 g/mol. The lowest BCUT2D eigenvalue weighted by atomic mass is 10.1. The summed E-state index contributed by atoms with van der Waals surface area (Å²) in [6, 6.07) is 5.10. The maximum Gasteiger partial charge on any atom is 0.258 e. The molecule has 0 saturated heterocycles. The van der Waals surface area contributed by atoms with Gasteiger partial charge in [0.15, 0.2) is 0 Å². The third-order valence-corrected chi connectivity index (χ3v) is 2.11. The average Bonchev–Trinajstić information content (AvgIpc) is 2.43. The van der Waals surface area contributed by atoms with Gasteiger partial charge in [-0.05, 0) is 17.7 Å². The molecule has 0 saturated carbocycles. The Balaban J connectivity index is 2.44. The molecule has 0 radical (unpaired) electrons. The Labute approximate surface area is 80.9 Å². The molecule has 2 rings (SSSR count). The molecule has 0 aliphatic carbocycles. The summed E-state index contributed by atoms with van der Waals surface area (Å²) in [6.07, 6.45) is 0. The fourth-order valence-corrected chi connectivity index (χ4v) is 1.47. The molecule has 2 amide bonds. The van der Waals surface area contributed by atoms with Gasteiger partial charge < -0.3 is 4.74 Å². The van der Waals surface area contributed by atoms with Crippen molar-refractivity contribution in [3.8, 4) is 0 Å². The minimum Gasteiger partial charge on any atom is -0.380 e. The number of nitrogens with one attached hydrogen (secondary N) is 1. The molecule has 0 spiro atoms. The molecular weight excluding hydrogens is 182 g/mol. The number of amides is 2. The number of hydrogen-bond acceptors (Lipinski definition) is 3. The van der Waals surface area contributed by atoms with Crippen molar-refractivity contribution in [2.75, 3.05) is 7.11 Å². The lowest BCUT2D eigenvalue weighted by molar-refractivity contribution is 0.0879. The van der Waals surface area contributed by atoms with Gasteiger partial charge in [-0.2, -0.15) is 0 Å². The Morgan fingerprint density at radius 1 is 1.21 bits per heavy atom. The number of methoxy groups -OCH3 is 1. The van der Waals surface area contributed by atoms with Crippen molar-refractivity contribution in [2.24, 2.45) is 0 Å². The van der Waals surface area contributed by atoms with E-state index >= 15 is 0 Å². The van der Waals surface area contributed by atoms with E-state index in [0.717, 1.165) is 5.56 Å². The fraction of sp³-hybridized carbons (Fsp3) is 0.200. The highest BCUT2D eigenvalue weighted by molar-refractivity contribution is 6.21. The van der Waals surface area contributed by atoms with E-state index in [1.165, 1.54) is 0 Å². The van der Waals surface area contributed by atoms with E-state index in [0.29, 0.717) is 17.7 Å². The first-order valence-corrected chi connectivity index (χ1v) is 4.20. The first kappa shape index (κ1) is 8.90. The van der Waals surface area contributed by atoms with Gasteiger partial charge in [0, 0.05) is 7.11 Å². The molecule has 0 aromatic heterocycles. The quantitative estimate of drug-likeness (QED) is 0.700. The van der Waals surface area contributed by atoms with E-state index in [9.17, 15) is 9.59 Å². The van der Waals surface area contributed by atoms with Gasteiger partial charge in [-0.3, -0.25) is 14.9 Å². The zero-order valence-electron chi connectivity index (χ0n) is 7.66. The van der Waals surface area contributed by atoms with Crippen molar-refractivity contribution in [3.05, 3.63) is 34.9 Å². The number of carbonyl (C=O) groups is 2. The van der Waals surface area contributed by atoms with Crippen LogP contribution in [-0.2, 0) is 11.3 Å². The lowest BCUT2D eigenvalue weighted by Crippen LogP contribution is -2.19. The van der Waals surface area contributed by atoms with Crippen LogP contribution in [0, 0.1) is 0 Å². The van der Waals surface area contributed by atoms with Gasteiger partial charge in [0.25, 0.3) is 11.8 Å². The molecule has 0 fully saturated rings. The number of imide groups is 1. The smallest absolute Gasteiger partial charge is 0.258 e. The van der Waals surface area contributed by atoms with Gasteiger partial charge in [0.05, 0.1) is 17.7 Å². The fourth-order valence-electron chi connectivity index (χ4n) is 1.47. The zero-order valence-corrected chi connectivity index (χ0v) is 7.66. The van der Waals surface area contributed by atoms with Crippen LogP contribution >= 0.6 is 0 Å². The Kier molecular flexibility index (Phi) is 2.05. The molecule has 1 aliphatic heterocycles. The highest BCUT2D eigenvalue weighted by Crippen LogP contribution is 2.17. The van der Waals surface area contributed by atoms with Crippen LogP contribution in [0.3, 0.4) is 0 Å². The Bertz CT molecular complexity index is 412. The predicted molar refractivity (Wildman–Crippen MR) is 49.0 cm³/mol. The van der Waals surface area contributed by atoms with Crippen LogP contribution in [0.1, 0.15) is 26.3 Å². The Morgan fingerprint density at radius 2 is 1.93 bits per heavy atom. The molecule has 1 aliphatic rings. The first-order valence-electron chi connectivity index (χ1n) is 4.20. The third-order valence-electron chi connectivity index (χ3n) is 2.11. The van der Waals surface area contributed by atoms with Crippen LogP contribution in [0.5, 0.6) is 0 Å². The van der Waals surface area contributed by atoms with Crippen molar-refractivity contribution in [1.29, 1.82) is 0 Å².